The molecule has 1 N–H and O–H groups in total. The monoisotopic (exact) mass is 288 g/mol. The number of hydrogen-bond acceptors (Lipinski definition) is 3. The molecule has 1 heterocycles. The van der Waals surface area contributed by atoms with Crippen molar-refractivity contribution in [2.24, 2.45) is 0 Å². The van der Waals surface area contributed by atoms with Gasteiger partial charge in [0.15, 0.2) is 0 Å². The molecule has 1 rings (SSSR count). The molecule has 1 amide bonds. The molecule has 1 unspecified atom stereocenters. The van der Waals surface area contributed by atoms with Crippen molar-refractivity contribution in [1.82, 2.24) is 9.88 Å². The summed E-state index contributed by atoms with van der Waals surface area (Å²) in [5.41, 5.74) is 0.941. The van der Waals surface area contributed by atoms with Gasteiger partial charge in [-0.05, 0) is 31.9 Å². The van der Waals surface area contributed by atoms with Gasteiger partial charge in [0.2, 0.25) is 0 Å². The van der Waals surface area contributed by atoms with Crippen LogP contribution in [0.15, 0.2) is 18.3 Å². The van der Waals surface area contributed by atoms with Gasteiger partial charge < -0.3 is 10.0 Å². The summed E-state index contributed by atoms with van der Waals surface area (Å²) in [6.45, 7) is 6.73. The van der Waals surface area contributed by atoms with Crippen LogP contribution in [0.2, 0.25) is 0 Å². The lowest BCUT2D eigenvalue weighted by molar-refractivity contribution is 0.0679. The Balaban J connectivity index is 3.08. The van der Waals surface area contributed by atoms with E-state index < -0.39 is 0 Å². The molecule has 4 heteroatoms. The van der Waals surface area contributed by atoms with E-state index in [-0.39, 0.29) is 18.6 Å². The number of aliphatic hydroxyl groups is 1. The average Bonchev–Trinajstić information content (AvgIpc) is 2.52. The molecule has 0 saturated carbocycles. The summed E-state index contributed by atoms with van der Waals surface area (Å²) in [6, 6.07) is 3.68. The van der Waals surface area contributed by atoms with Gasteiger partial charge in [0.1, 0.15) is 12.3 Å². The molecule has 0 aromatic carbocycles. The Morgan fingerprint density at radius 1 is 1.48 bits per heavy atom. The molecular formula is C17H24N2O2. The van der Waals surface area contributed by atoms with E-state index in [1.165, 1.54) is 0 Å². The van der Waals surface area contributed by atoms with Crippen LogP contribution in [0.1, 0.15) is 56.1 Å². The van der Waals surface area contributed by atoms with Gasteiger partial charge in [0.05, 0.1) is 5.56 Å². The Morgan fingerprint density at radius 2 is 2.24 bits per heavy atom. The summed E-state index contributed by atoms with van der Waals surface area (Å²) < 4.78 is 0. The van der Waals surface area contributed by atoms with Crippen LogP contribution >= 0.6 is 0 Å². The van der Waals surface area contributed by atoms with E-state index >= 15 is 0 Å². The highest BCUT2D eigenvalue weighted by Crippen LogP contribution is 2.13. The largest absolute Gasteiger partial charge is 0.384 e. The Kier molecular flexibility index (Phi) is 7.49. The number of rotatable bonds is 6. The number of amides is 1. The summed E-state index contributed by atoms with van der Waals surface area (Å²) in [6.07, 6.45) is 4.52. The van der Waals surface area contributed by atoms with E-state index in [0.29, 0.717) is 11.3 Å². The Bertz CT molecular complexity index is 517. The van der Waals surface area contributed by atoms with E-state index in [0.717, 1.165) is 25.8 Å². The predicted octanol–water partition coefficient (Wildman–Crippen LogP) is 2.47. The molecule has 0 saturated heterocycles. The van der Waals surface area contributed by atoms with Gasteiger partial charge in [0, 0.05) is 18.8 Å². The Labute approximate surface area is 127 Å². The molecule has 0 bridgehead atoms. The van der Waals surface area contributed by atoms with Gasteiger partial charge in [-0.15, -0.1) is 0 Å². The number of aromatic nitrogens is 1. The number of pyridine rings is 1. The maximum Gasteiger partial charge on any atom is 0.273 e. The molecule has 4 nitrogen and oxygen atoms in total. The Hall–Kier alpha value is -1.86. The molecular weight excluding hydrogens is 264 g/mol. The summed E-state index contributed by atoms with van der Waals surface area (Å²) in [4.78, 5) is 18.8. The average molecular weight is 288 g/mol. The highest BCUT2D eigenvalue weighted by molar-refractivity contribution is 5.95. The minimum Gasteiger partial charge on any atom is -0.384 e. The van der Waals surface area contributed by atoms with Gasteiger partial charge in [-0.1, -0.05) is 32.1 Å². The first kappa shape index (κ1) is 17.2. The SMILES string of the molecule is CCCCN(C(=O)c1ncccc1C#CCO)C(C)CC. The van der Waals surface area contributed by atoms with E-state index in [1.54, 1.807) is 18.3 Å². The topological polar surface area (TPSA) is 53.4 Å². The maximum absolute atomic E-state index is 12.8. The van der Waals surface area contributed by atoms with Crippen molar-refractivity contribution in [3.8, 4) is 11.8 Å². The number of unbranched alkanes of at least 4 members (excludes halogenated alkanes) is 1. The van der Waals surface area contributed by atoms with Crippen LogP contribution in [-0.2, 0) is 0 Å². The molecule has 0 aliphatic rings. The van der Waals surface area contributed by atoms with Gasteiger partial charge in [-0.3, -0.25) is 4.79 Å². The van der Waals surface area contributed by atoms with Crippen molar-refractivity contribution in [3.05, 3.63) is 29.6 Å². The van der Waals surface area contributed by atoms with E-state index in [1.807, 2.05) is 4.90 Å². The van der Waals surface area contributed by atoms with Crippen molar-refractivity contribution < 1.29 is 9.90 Å². The normalized spacial score (nSPS) is 11.4. The number of aliphatic hydroxyl groups excluding tert-OH is 1. The zero-order chi connectivity index (χ0) is 15.7. The minimum absolute atomic E-state index is 0.0827. The second-order valence-electron chi connectivity index (χ2n) is 4.97. The Morgan fingerprint density at radius 3 is 2.86 bits per heavy atom. The first-order valence-corrected chi connectivity index (χ1v) is 7.51. The summed E-state index contributed by atoms with van der Waals surface area (Å²) in [7, 11) is 0. The van der Waals surface area contributed by atoms with Gasteiger partial charge >= 0.3 is 0 Å². The third kappa shape index (κ3) is 4.87. The molecule has 0 radical (unpaired) electrons. The predicted molar refractivity (Wildman–Crippen MR) is 83.9 cm³/mol. The molecule has 1 atom stereocenters. The molecule has 0 aliphatic carbocycles. The van der Waals surface area contributed by atoms with Gasteiger partial charge in [-0.25, -0.2) is 4.98 Å². The fraction of sp³-hybridized carbons (Fsp3) is 0.529. The van der Waals surface area contributed by atoms with Crippen molar-refractivity contribution >= 4 is 5.91 Å². The fourth-order valence-electron chi connectivity index (χ4n) is 2.02. The van der Waals surface area contributed by atoms with E-state index in [4.69, 9.17) is 5.11 Å². The fourth-order valence-corrected chi connectivity index (χ4v) is 2.02. The van der Waals surface area contributed by atoms with Gasteiger partial charge in [0.25, 0.3) is 5.91 Å². The minimum atomic E-state index is -0.229. The van der Waals surface area contributed by atoms with Gasteiger partial charge in [-0.2, -0.15) is 0 Å². The molecule has 1 aromatic rings. The van der Waals surface area contributed by atoms with Crippen LogP contribution in [0, 0.1) is 11.8 Å². The van der Waals surface area contributed by atoms with Crippen molar-refractivity contribution in [2.75, 3.05) is 13.2 Å². The highest BCUT2D eigenvalue weighted by Gasteiger charge is 2.22. The number of nitrogens with zero attached hydrogens (tertiary/aromatic N) is 2. The first-order chi connectivity index (χ1) is 10.2. The zero-order valence-corrected chi connectivity index (χ0v) is 13.1. The second-order valence-corrected chi connectivity index (χ2v) is 4.97. The summed E-state index contributed by atoms with van der Waals surface area (Å²) in [5.74, 6) is 5.30. The lowest BCUT2D eigenvalue weighted by Crippen LogP contribution is -2.39. The first-order valence-electron chi connectivity index (χ1n) is 7.51. The lowest BCUT2D eigenvalue weighted by Gasteiger charge is -2.28. The standard InChI is InChI=1S/C17H24N2O2/c1-4-6-12-19(14(3)5-2)17(21)16-15(10-8-13-20)9-7-11-18-16/h7,9,11,14,20H,4-6,12-13H2,1-3H3. The van der Waals surface area contributed by atoms with Crippen LogP contribution in [0.25, 0.3) is 0 Å². The third-order valence-electron chi connectivity index (χ3n) is 3.45. The van der Waals surface area contributed by atoms with Crippen molar-refractivity contribution in [3.63, 3.8) is 0 Å². The van der Waals surface area contributed by atoms with Crippen molar-refractivity contribution in [2.45, 2.75) is 46.1 Å². The van der Waals surface area contributed by atoms with Crippen LogP contribution in [0.4, 0.5) is 0 Å². The molecule has 1 aromatic heterocycles. The summed E-state index contributed by atoms with van der Waals surface area (Å²) >= 11 is 0. The number of carbonyl (C=O) groups excluding carboxylic acids is 1. The molecule has 0 spiro atoms. The quantitative estimate of drug-likeness (QED) is 0.818. The summed E-state index contributed by atoms with van der Waals surface area (Å²) in [5, 5.41) is 8.82. The highest BCUT2D eigenvalue weighted by atomic mass is 16.2. The maximum atomic E-state index is 12.8. The molecule has 21 heavy (non-hydrogen) atoms. The zero-order valence-electron chi connectivity index (χ0n) is 13.1. The van der Waals surface area contributed by atoms with Crippen LogP contribution in [0.3, 0.4) is 0 Å². The van der Waals surface area contributed by atoms with E-state index in [2.05, 4.69) is 37.6 Å². The van der Waals surface area contributed by atoms with E-state index in [9.17, 15) is 4.79 Å². The third-order valence-corrected chi connectivity index (χ3v) is 3.45. The molecule has 0 aliphatic heterocycles. The van der Waals surface area contributed by atoms with Crippen LogP contribution < -0.4 is 0 Å². The van der Waals surface area contributed by atoms with Crippen molar-refractivity contribution in [1.29, 1.82) is 0 Å². The second kappa shape index (κ2) is 9.15. The molecule has 114 valence electrons. The number of carbonyl (C=O) groups is 1. The smallest absolute Gasteiger partial charge is 0.273 e. The lowest BCUT2D eigenvalue weighted by atomic mass is 10.1. The van der Waals surface area contributed by atoms with Crippen LogP contribution in [0.5, 0.6) is 0 Å². The number of hydrogen-bond donors (Lipinski definition) is 1. The van der Waals surface area contributed by atoms with Crippen LogP contribution in [-0.4, -0.2) is 40.1 Å². The molecule has 0 fully saturated rings.